The number of nitrogens with one attached hydrogen (secondary N) is 3. The maximum absolute atomic E-state index is 12.5. The molecule has 3 N–H and O–H groups in total. The summed E-state index contributed by atoms with van der Waals surface area (Å²) in [4.78, 5) is 25.2. The van der Waals surface area contributed by atoms with Crippen molar-refractivity contribution in [3.8, 4) is 5.75 Å². The molecule has 1 heterocycles. The Morgan fingerprint density at radius 1 is 0.931 bits per heavy atom. The number of methoxy groups -OCH3 is 1. The Hall–Kier alpha value is -3.23. The second-order valence-corrected chi connectivity index (χ2v) is 7.43. The SMILES string of the molecule is COc1c(C)cccc1C(=O)NC(=S)Nc1ccc(NC(=O)c2cccs2)cc1. The van der Waals surface area contributed by atoms with Crippen LogP contribution in [-0.4, -0.2) is 24.0 Å². The molecule has 0 radical (unpaired) electrons. The first-order valence-electron chi connectivity index (χ1n) is 8.69. The minimum absolute atomic E-state index is 0.157. The second-order valence-electron chi connectivity index (χ2n) is 6.07. The van der Waals surface area contributed by atoms with Crippen LogP contribution in [0, 0.1) is 6.92 Å². The average Bonchev–Trinajstić information content (AvgIpc) is 3.24. The fourth-order valence-corrected chi connectivity index (χ4v) is 3.50. The highest BCUT2D eigenvalue weighted by Crippen LogP contribution is 2.23. The minimum Gasteiger partial charge on any atom is -0.496 e. The predicted octanol–water partition coefficient (Wildman–Crippen LogP) is 4.44. The molecule has 2 amide bonds. The summed E-state index contributed by atoms with van der Waals surface area (Å²) in [7, 11) is 1.52. The van der Waals surface area contributed by atoms with Gasteiger partial charge in [0.15, 0.2) is 5.11 Å². The van der Waals surface area contributed by atoms with E-state index in [2.05, 4.69) is 16.0 Å². The lowest BCUT2D eigenvalue weighted by Crippen LogP contribution is -2.34. The number of carbonyl (C=O) groups is 2. The van der Waals surface area contributed by atoms with E-state index in [0.29, 0.717) is 27.6 Å². The third-order valence-corrected chi connectivity index (χ3v) is 5.11. The van der Waals surface area contributed by atoms with E-state index in [0.717, 1.165) is 5.56 Å². The van der Waals surface area contributed by atoms with Gasteiger partial charge in [-0.05, 0) is 66.5 Å². The van der Waals surface area contributed by atoms with E-state index in [4.69, 9.17) is 17.0 Å². The molecular weight excluding hydrogens is 406 g/mol. The summed E-state index contributed by atoms with van der Waals surface area (Å²) < 4.78 is 5.31. The van der Waals surface area contributed by atoms with Gasteiger partial charge in [0.1, 0.15) is 5.75 Å². The zero-order valence-corrected chi connectivity index (χ0v) is 17.4. The van der Waals surface area contributed by atoms with Crippen LogP contribution >= 0.6 is 23.6 Å². The number of thiophene rings is 1. The smallest absolute Gasteiger partial charge is 0.265 e. The molecule has 0 saturated heterocycles. The molecule has 0 unspecified atom stereocenters. The number of hydrogen-bond acceptors (Lipinski definition) is 5. The van der Waals surface area contributed by atoms with Crippen LogP contribution in [0.5, 0.6) is 5.75 Å². The van der Waals surface area contributed by atoms with E-state index >= 15 is 0 Å². The van der Waals surface area contributed by atoms with E-state index in [1.54, 1.807) is 42.5 Å². The van der Waals surface area contributed by atoms with Crippen LogP contribution in [-0.2, 0) is 0 Å². The fourth-order valence-electron chi connectivity index (χ4n) is 2.67. The third kappa shape index (κ3) is 5.18. The van der Waals surface area contributed by atoms with Crippen molar-refractivity contribution in [2.45, 2.75) is 6.92 Å². The highest BCUT2D eigenvalue weighted by molar-refractivity contribution is 7.80. The molecule has 3 aromatic rings. The molecule has 8 heteroatoms. The molecule has 0 aliphatic carbocycles. The monoisotopic (exact) mass is 425 g/mol. The molecule has 1 aromatic heterocycles. The van der Waals surface area contributed by atoms with Gasteiger partial charge >= 0.3 is 0 Å². The number of anilines is 2. The summed E-state index contributed by atoms with van der Waals surface area (Å²) in [5, 5.41) is 10.4. The molecular formula is C21H19N3O3S2. The number of benzene rings is 2. The molecule has 3 rings (SSSR count). The van der Waals surface area contributed by atoms with Gasteiger partial charge in [-0.2, -0.15) is 0 Å². The molecule has 2 aromatic carbocycles. The van der Waals surface area contributed by atoms with E-state index in [1.807, 2.05) is 24.4 Å². The van der Waals surface area contributed by atoms with Gasteiger partial charge in [-0.1, -0.05) is 18.2 Å². The Bertz CT molecular complexity index is 1030. The van der Waals surface area contributed by atoms with Gasteiger partial charge < -0.3 is 15.4 Å². The summed E-state index contributed by atoms with van der Waals surface area (Å²) in [6, 6.07) is 15.9. The van der Waals surface area contributed by atoms with Gasteiger partial charge in [-0.25, -0.2) is 0 Å². The third-order valence-electron chi connectivity index (χ3n) is 4.03. The van der Waals surface area contributed by atoms with Gasteiger partial charge in [-0.15, -0.1) is 11.3 Å². The Kier molecular flexibility index (Phi) is 6.58. The number of ether oxygens (including phenoxy) is 1. The van der Waals surface area contributed by atoms with Crippen molar-refractivity contribution in [2.24, 2.45) is 0 Å². The van der Waals surface area contributed by atoms with Crippen molar-refractivity contribution in [1.82, 2.24) is 5.32 Å². The summed E-state index contributed by atoms with van der Waals surface area (Å²) in [5.74, 6) is -0.00267. The number of rotatable bonds is 5. The van der Waals surface area contributed by atoms with Crippen molar-refractivity contribution < 1.29 is 14.3 Å². The maximum atomic E-state index is 12.5. The minimum atomic E-state index is -0.358. The molecule has 0 spiro atoms. The molecule has 0 saturated carbocycles. The second kappa shape index (κ2) is 9.31. The number of para-hydroxylation sites is 1. The maximum Gasteiger partial charge on any atom is 0.265 e. The number of thiocarbonyl (C=S) groups is 1. The van der Waals surface area contributed by atoms with Gasteiger partial charge in [-0.3, -0.25) is 14.9 Å². The topological polar surface area (TPSA) is 79.5 Å². The predicted molar refractivity (Wildman–Crippen MR) is 120 cm³/mol. The lowest BCUT2D eigenvalue weighted by molar-refractivity contribution is 0.0973. The molecule has 0 atom stereocenters. The summed E-state index contributed by atoms with van der Waals surface area (Å²) in [5.41, 5.74) is 2.61. The van der Waals surface area contributed by atoms with Crippen LogP contribution in [0.25, 0.3) is 0 Å². The Labute approximate surface area is 177 Å². The molecule has 148 valence electrons. The van der Waals surface area contributed by atoms with E-state index in [-0.39, 0.29) is 16.9 Å². The van der Waals surface area contributed by atoms with E-state index in [1.165, 1.54) is 18.4 Å². The highest BCUT2D eigenvalue weighted by Gasteiger charge is 2.15. The van der Waals surface area contributed by atoms with Gasteiger partial charge in [0.2, 0.25) is 0 Å². The van der Waals surface area contributed by atoms with Gasteiger partial charge in [0.25, 0.3) is 11.8 Å². The fraction of sp³-hybridized carbons (Fsp3) is 0.0952. The summed E-state index contributed by atoms with van der Waals surface area (Å²) >= 11 is 6.61. The van der Waals surface area contributed by atoms with Gasteiger partial charge in [0, 0.05) is 11.4 Å². The van der Waals surface area contributed by atoms with Crippen LogP contribution in [0.15, 0.2) is 60.0 Å². The van der Waals surface area contributed by atoms with Crippen molar-refractivity contribution in [3.63, 3.8) is 0 Å². The quantitative estimate of drug-likeness (QED) is 0.527. The first kappa shape index (κ1) is 20.5. The van der Waals surface area contributed by atoms with Crippen molar-refractivity contribution in [2.75, 3.05) is 17.7 Å². The standard InChI is InChI=1S/C21H19N3O3S2/c1-13-5-3-6-16(18(13)27-2)19(25)24-21(28)23-15-10-8-14(9-11-15)22-20(26)17-7-4-12-29-17/h3-12H,1-2H3,(H,22,26)(H2,23,24,25,28). The van der Waals surface area contributed by atoms with E-state index in [9.17, 15) is 9.59 Å². The Morgan fingerprint density at radius 2 is 1.62 bits per heavy atom. The van der Waals surface area contributed by atoms with Crippen molar-refractivity contribution >= 4 is 51.9 Å². The van der Waals surface area contributed by atoms with Crippen molar-refractivity contribution in [3.05, 3.63) is 76.0 Å². The highest BCUT2D eigenvalue weighted by atomic mass is 32.1. The normalized spacial score (nSPS) is 10.1. The zero-order valence-electron chi connectivity index (χ0n) is 15.8. The average molecular weight is 426 g/mol. The van der Waals surface area contributed by atoms with Crippen molar-refractivity contribution in [1.29, 1.82) is 0 Å². The Morgan fingerprint density at radius 3 is 2.24 bits per heavy atom. The lowest BCUT2D eigenvalue weighted by Gasteiger charge is -2.13. The van der Waals surface area contributed by atoms with Crippen LogP contribution in [0.3, 0.4) is 0 Å². The zero-order chi connectivity index (χ0) is 20.8. The van der Waals surface area contributed by atoms with E-state index < -0.39 is 0 Å². The van der Waals surface area contributed by atoms with Crippen LogP contribution in [0.2, 0.25) is 0 Å². The largest absolute Gasteiger partial charge is 0.496 e. The Balaban J connectivity index is 1.59. The van der Waals surface area contributed by atoms with Gasteiger partial charge in [0.05, 0.1) is 17.6 Å². The van der Waals surface area contributed by atoms with Crippen LogP contribution < -0.4 is 20.7 Å². The number of carbonyl (C=O) groups excluding carboxylic acids is 2. The van der Waals surface area contributed by atoms with Crippen LogP contribution in [0.1, 0.15) is 25.6 Å². The molecule has 0 bridgehead atoms. The lowest BCUT2D eigenvalue weighted by atomic mass is 10.1. The van der Waals surface area contributed by atoms with Crippen LogP contribution in [0.4, 0.5) is 11.4 Å². The number of amides is 2. The molecule has 0 aliphatic rings. The number of hydrogen-bond donors (Lipinski definition) is 3. The summed E-state index contributed by atoms with van der Waals surface area (Å²) in [6.45, 7) is 1.87. The number of aryl methyl sites for hydroxylation is 1. The first-order chi connectivity index (χ1) is 14.0. The summed E-state index contributed by atoms with van der Waals surface area (Å²) in [6.07, 6.45) is 0. The molecule has 6 nitrogen and oxygen atoms in total. The first-order valence-corrected chi connectivity index (χ1v) is 9.97. The molecule has 0 aliphatic heterocycles. The molecule has 0 fully saturated rings. The molecule has 29 heavy (non-hydrogen) atoms.